The van der Waals surface area contributed by atoms with Gasteiger partial charge in [-0.25, -0.2) is 0 Å². The van der Waals surface area contributed by atoms with Crippen LogP contribution in [0.15, 0.2) is 35.7 Å². The molecule has 1 aromatic carbocycles. The largest absolute Gasteiger partial charge is 0.294 e. The number of hydrogen-bond donors (Lipinski definition) is 0. The summed E-state index contributed by atoms with van der Waals surface area (Å²) in [6, 6.07) is 9.46. The molecule has 0 amide bonds. The molecule has 0 saturated carbocycles. The van der Waals surface area contributed by atoms with Crippen LogP contribution in [-0.2, 0) is 0 Å². The Balaban J connectivity index is 2.63. The van der Waals surface area contributed by atoms with Crippen molar-refractivity contribution in [2.24, 2.45) is 0 Å². The molecule has 15 heavy (non-hydrogen) atoms. The second kappa shape index (κ2) is 4.17. The maximum atomic E-state index is 11.4. The van der Waals surface area contributed by atoms with Crippen molar-refractivity contribution >= 4 is 28.7 Å². The maximum Gasteiger partial charge on any atom is 0.160 e. The molecule has 0 unspecified atom stereocenters. The predicted octanol–water partition coefficient (Wildman–Crippen LogP) is 4.27. The zero-order valence-electron chi connectivity index (χ0n) is 8.16. The molecule has 1 nitrogen and oxygen atoms in total. The Labute approximate surface area is 97.3 Å². The average Bonchev–Trinajstić information content (AvgIpc) is 2.64. The molecule has 0 saturated heterocycles. The summed E-state index contributed by atoms with van der Waals surface area (Å²) in [4.78, 5) is 11.4. The van der Waals surface area contributed by atoms with E-state index in [1.165, 1.54) is 11.3 Å². The molecule has 0 fully saturated rings. The van der Waals surface area contributed by atoms with E-state index in [9.17, 15) is 4.79 Å². The quantitative estimate of drug-likeness (QED) is 0.712. The molecule has 0 atom stereocenters. The van der Waals surface area contributed by atoms with Crippen LogP contribution in [0.1, 0.15) is 17.3 Å². The van der Waals surface area contributed by atoms with E-state index in [1.807, 2.05) is 35.7 Å². The first-order valence-electron chi connectivity index (χ1n) is 4.53. The first kappa shape index (κ1) is 10.4. The van der Waals surface area contributed by atoms with Gasteiger partial charge in [0.2, 0.25) is 0 Å². The van der Waals surface area contributed by atoms with Crippen molar-refractivity contribution in [3.8, 4) is 11.1 Å². The molecule has 0 N–H and O–H groups in total. The fraction of sp³-hybridized carbons (Fsp3) is 0.0833. The number of carbonyl (C=O) groups is 1. The molecule has 0 aliphatic heterocycles. The summed E-state index contributed by atoms with van der Waals surface area (Å²) in [6.45, 7) is 1.57. The molecular weight excluding hydrogens is 228 g/mol. The lowest BCUT2D eigenvalue weighted by Crippen LogP contribution is -1.94. The van der Waals surface area contributed by atoms with Gasteiger partial charge in [-0.1, -0.05) is 35.9 Å². The van der Waals surface area contributed by atoms with Gasteiger partial charge in [0.25, 0.3) is 0 Å². The second-order valence-electron chi connectivity index (χ2n) is 3.21. The average molecular weight is 237 g/mol. The Morgan fingerprint density at radius 1 is 1.20 bits per heavy atom. The van der Waals surface area contributed by atoms with Crippen LogP contribution >= 0.6 is 22.9 Å². The standard InChI is InChI=1S/C12H9ClOS/c1-8(14)9-4-2-3-5-10(9)11-6-7-15-12(11)13/h2-7H,1H3. The monoisotopic (exact) mass is 236 g/mol. The highest BCUT2D eigenvalue weighted by molar-refractivity contribution is 7.15. The van der Waals surface area contributed by atoms with Gasteiger partial charge in [-0.05, 0) is 23.9 Å². The highest BCUT2D eigenvalue weighted by Gasteiger charge is 2.11. The zero-order valence-corrected chi connectivity index (χ0v) is 9.73. The number of carbonyl (C=O) groups excluding carboxylic acids is 1. The first-order chi connectivity index (χ1) is 7.20. The molecule has 0 radical (unpaired) electrons. The van der Waals surface area contributed by atoms with Gasteiger partial charge >= 0.3 is 0 Å². The molecule has 0 aliphatic carbocycles. The molecule has 3 heteroatoms. The van der Waals surface area contributed by atoms with E-state index < -0.39 is 0 Å². The highest BCUT2D eigenvalue weighted by atomic mass is 35.5. The van der Waals surface area contributed by atoms with Crippen LogP contribution in [0, 0.1) is 0 Å². The predicted molar refractivity (Wildman–Crippen MR) is 64.8 cm³/mol. The molecule has 1 heterocycles. The van der Waals surface area contributed by atoms with E-state index in [0.717, 1.165) is 21.0 Å². The minimum Gasteiger partial charge on any atom is -0.294 e. The molecule has 2 rings (SSSR count). The summed E-state index contributed by atoms with van der Waals surface area (Å²) < 4.78 is 0.726. The van der Waals surface area contributed by atoms with Crippen LogP contribution in [0.25, 0.3) is 11.1 Å². The Morgan fingerprint density at radius 2 is 1.93 bits per heavy atom. The third-order valence-corrected chi connectivity index (χ3v) is 3.38. The molecule has 2 aromatic rings. The van der Waals surface area contributed by atoms with Gasteiger partial charge in [-0.15, -0.1) is 11.3 Å². The van der Waals surface area contributed by atoms with Gasteiger partial charge in [0.05, 0.1) is 0 Å². The van der Waals surface area contributed by atoms with Crippen LogP contribution in [0.4, 0.5) is 0 Å². The number of thiophene rings is 1. The zero-order chi connectivity index (χ0) is 10.8. The Bertz CT molecular complexity index is 502. The van der Waals surface area contributed by atoms with Gasteiger partial charge in [0.15, 0.2) is 5.78 Å². The summed E-state index contributed by atoms with van der Waals surface area (Å²) in [5, 5.41) is 1.93. The number of Topliss-reactive ketones (excluding diaryl/α,β-unsaturated/α-hetero) is 1. The van der Waals surface area contributed by atoms with E-state index in [0.29, 0.717) is 0 Å². The topological polar surface area (TPSA) is 17.1 Å². The number of ketones is 1. The van der Waals surface area contributed by atoms with Gasteiger partial charge in [-0.3, -0.25) is 4.79 Å². The van der Waals surface area contributed by atoms with Gasteiger partial charge in [0.1, 0.15) is 4.34 Å². The lowest BCUT2D eigenvalue weighted by Gasteiger charge is -2.04. The van der Waals surface area contributed by atoms with E-state index in [4.69, 9.17) is 11.6 Å². The Morgan fingerprint density at radius 3 is 2.53 bits per heavy atom. The van der Waals surface area contributed by atoms with Crippen molar-refractivity contribution in [3.05, 3.63) is 45.6 Å². The SMILES string of the molecule is CC(=O)c1ccccc1-c1ccsc1Cl. The van der Waals surface area contributed by atoms with Gasteiger partial charge < -0.3 is 0 Å². The van der Waals surface area contributed by atoms with Crippen LogP contribution in [0.5, 0.6) is 0 Å². The third kappa shape index (κ3) is 1.96. The molecule has 0 spiro atoms. The normalized spacial score (nSPS) is 10.3. The van der Waals surface area contributed by atoms with E-state index >= 15 is 0 Å². The van der Waals surface area contributed by atoms with Crippen LogP contribution < -0.4 is 0 Å². The Kier molecular flexibility index (Phi) is 2.89. The van der Waals surface area contributed by atoms with Crippen molar-refractivity contribution in [1.82, 2.24) is 0 Å². The van der Waals surface area contributed by atoms with Crippen molar-refractivity contribution in [3.63, 3.8) is 0 Å². The van der Waals surface area contributed by atoms with Gasteiger partial charge in [-0.2, -0.15) is 0 Å². The molecule has 76 valence electrons. The summed E-state index contributed by atoms with van der Waals surface area (Å²) in [7, 11) is 0. The van der Waals surface area contributed by atoms with Crippen molar-refractivity contribution in [2.45, 2.75) is 6.92 Å². The van der Waals surface area contributed by atoms with Crippen molar-refractivity contribution in [1.29, 1.82) is 0 Å². The first-order valence-corrected chi connectivity index (χ1v) is 5.79. The van der Waals surface area contributed by atoms with Crippen molar-refractivity contribution < 1.29 is 4.79 Å². The summed E-state index contributed by atoms with van der Waals surface area (Å²) >= 11 is 7.53. The maximum absolute atomic E-state index is 11.4. The Hall–Kier alpha value is -1.12. The fourth-order valence-electron chi connectivity index (χ4n) is 1.51. The van der Waals surface area contributed by atoms with Gasteiger partial charge in [0, 0.05) is 11.1 Å². The van der Waals surface area contributed by atoms with E-state index in [1.54, 1.807) is 6.92 Å². The van der Waals surface area contributed by atoms with Crippen LogP contribution in [0.2, 0.25) is 4.34 Å². The third-order valence-electron chi connectivity index (χ3n) is 2.21. The second-order valence-corrected chi connectivity index (χ2v) is 4.73. The van der Waals surface area contributed by atoms with Crippen LogP contribution in [0.3, 0.4) is 0 Å². The van der Waals surface area contributed by atoms with Crippen LogP contribution in [-0.4, -0.2) is 5.78 Å². The lowest BCUT2D eigenvalue weighted by molar-refractivity contribution is 0.101. The highest BCUT2D eigenvalue weighted by Crippen LogP contribution is 2.34. The number of hydrogen-bond acceptors (Lipinski definition) is 2. The lowest BCUT2D eigenvalue weighted by atomic mass is 10.00. The molecule has 0 bridgehead atoms. The van der Waals surface area contributed by atoms with E-state index in [2.05, 4.69) is 0 Å². The molecule has 0 aliphatic rings. The smallest absolute Gasteiger partial charge is 0.160 e. The molecular formula is C12H9ClOS. The summed E-state index contributed by atoms with van der Waals surface area (Å²) in [5.74, 6) is 0.0628. The minimum absolute atomic E-state index is 0.0628. The summed E-state index contributed by atoms with van der Waals surface area (Å²) in [5.41, 5.74) is 2.57. The number of halogens is 1. The minimum atomic E-state index is 0.0628. The molecule has 1 aromatic heterocycles. The fourth-order valence-corrected chi connectivity index (χ4v) is 2.46. The number of rotatable bonds is 2. The number of benzene rings is 1. The summed E-state index contributed by atoms with van der Waals surface area (Å²) in [6.07, 6.45) is 0. The van der Waals surface area contributed by atoms with E-state index in [-0.39, 0.29) is 5.78 Å². The van der Waals surface area contributed by atoms with Crippen molar-refractivity contribution in [2.75, 3.05) is 0 Å².